The van der Waals surface area contributed by atoms with Crippen LogP contribution < -0.4 is 11.1 Å². The van der Waals surface area contributed by atoms with Crippen LogP contribution in [0.5, 0.6) is 0 Å². The number of nitrogens with one attached hydrogen (secondary N) is 1. The van der Waals surface area contributed by atoms with Gasteiger partial charge < -0.3 is 11.1 Å². The summed E-state index contributed by atoms with van der Waals surface area (Å²) in [6.45, 7) is 3.81. The second kappa shape index (κ2) is 5.48. The van der Waals surface area contributed by atoms with Crippen LogP contribution in [0.4, 0.5) is 5.69 Å². The molecule has 1 rings (SSSR count). The highest BCUT2D eigenvalue weighted by Gasteiger charge is 2.15. The SMILES string of the molecule is Cc1cc(Cl)nc(Cl)c1NC(=O)C(C)CN. The number of hydrogen-bond donors (Lipinski definition) is 2. The Balaban J connectivity index is 2.93. The van der Waals surface area contributed by atoms with Gasteiger partial charge in [0, 0.05) is 12.5 Å². The molecule has 16 heavy (non-hydrogen) atoms. The Hall–Kier alpha value is -0.840. The molecule has 0 spiro atoms. The van der Waals surface area contributed by atoms with E-state index in [9.17, 15) is 4.79 Å². The minimum atomic E-state index is -0.272. The molecule has 0 saturated carbocycles. The third kappa shape index (κ3) is 3.07. The fourth-order valence-electron chi connectivity index (χ4n) is 1.10. The maximum absolute atomic E-state index is 11.6. The van der Waals surface area contributed by atoms with Crippen molar-refractivity contribution in [1.82, 2.24) is 4.98 Å². The second-order valence-corrected chi connectivity index (χ2v) is 4.30. The number of aromatic nitrogens is 1. The van der Waals surface area contributed by atoms with Gasteiger partial charge in [0.2, 0.25) is 5.91 Å². The minimum absolute atomic E-state index is 0.183. The molecule has 0 saturated heterocycles. The predicted molar refractivity (Wildman–Crippen MR) is 65.8 cm³/mol. The third-order valence-electron chi connectivity index (χ3n) is 2.19. The summed E-state index contributed by atoms with van der Waals surface area (Å²) in [7, 11) is 0. The number of rotatable bonds is 3. The standard InChI is InChI=1S/C10H13Cl2N3O/c1-5-3-7(11)14-9(12)8(5)15-10(16)6(2)4-13/h3,6H,4,13H2,1-2H3,(H,15,16). The lowest BCUT2D eigenvalue weighted by Crippen LogP contribution is -2.27. The first kappa shape index (κ1) is 13.2. The van der Waals surface area contributed by atoms with Gasteiger partial charge in [-0.2, -0.15) is 0 Å². The highest BCUT2D eigenvalue weighted by atomic mass is 35.5. The second-order valence-electron chi connectivity index (χ2n) is 3.55. The van der Waals surface area contributed by atoms with Crippen LogP contribution in [0.1, 0.15) is 12.5 Å². The van der Waals surface area contributed by atoms with E-state index in [1.54, 1.807) is 19.9 Å². The van der Waals surface area contributed by atoms with Gasteiger partial charge in [0.1, 0.15) is 5.15 Å². The van der Waals surface area contributed by atoms with Gasteiger partial charge in [-0.1, -0.05) is 30.1 Å². The molecular formula is C10H13Cl2N3O. The molecule has 88 valence electrons. The molecule has 0 fully saturated rings. The van der Waals surface area contributed by atoms with Gasteiger partial charge in [-0.3, -0.25) is 4.79 Å². The largest absolute Gasteiger partial charge is 0.330 e. The lowest BCUT2D eigenvalue weighted by molar-refractivity contribution is -0.119. The lowest BCUT2D eigenvalue weighted by atomic mass is 10.1. The summed E-state index contributed by atoms with van der Waals surface area (Å²) >= 11 is 11.6. The van der Waals surface area contributed by atoms with Crippen LogP contribution in [-0.2, 0) is 4.79 Å². The summed E-state index contributed by atoms with van der Waals surface area (Å²) in [6.07, 6.45) is 0. The van der Waals surface area contributed by atoms with Crippen LogP contribution in [-0.4, -0.2) is 17.4 Å². The van der Waals surface area contributed by atoms with Crippen LogP contribution in [0, 0.1) is 12.8 Å². The van der Waals surface area contributed by atoms with Gasteiger partial charge in [-0.05, 0) is 18.6 Å². The van der Waals surface area contributed by atoms with Crippen molar-refractivity contribution in [1.29, 1.82) is 0 Å². The molecular weight excluding hydrogens is 249 g/mol. The number of anilines is 1. The van der Waals surface area contributed by atoms with Crippen LogP contribution in [0.25, 0.3) is 0 Å². The van der Waals surface area contributed by atoms with Crippen molar-refractivity contribution in [3.05, 3.63) is 21.9 Å². The van der Waals surface area contributed by atoms with Gasteiger partial charge in [0.15, 0.2) is 5.15 Å². The lowest BCUT2D eigenvalue weighted by Gasteiger charge is -2.13. The van der Waals surface area contributed by atoms with Crippen LogP contribution >= 0.6 is 23.2 Å². The molecule has 3 N–H and O–H groups in total. The van der Waals surface area contributed by atoms with Crippen LogP contribution in [0.2, 0.25) is 10.3 Å². The number of carbonyl (C=O) groups is 1. The van der Waals surface area contributed by atoms with E-state index in [1.165, 1.54) is 0 Å². The van der Waals surface area contributed by atoms with Gasteiger partial charge >= 0.3 is 0 Å². The number of carbonyl (C=O) groups excluding carboxylic acids is 1. The summed E-state index contributed by atoms with van der Waals surface area (Å²) in [5.74, 6) is -0.456. The van der Waals surface area contributed by atoms with E-state index in [0.29, 0.717) is 10.8 Å². The molecule has 1 amide bonds. The van der Waals surface area contributed by atoms with Crippen molar-refractivity contribution in [3.8, 4) is 0 Å². The molecule has 1 aromatic rings. The van der Waals surface area contributed by atoms with Gasteiger partial charge in [0.25, 0.3) is 0 Å². The van der Waals surface area contributed by atoms with E-state index < -0.39 is 0 Å². The molecule has 0 radical (unpaired) electrons. The minimum Gasteiger partial charge on any atom is -0.330 e. The average molecular weight is 262 g/mol. The van der Waals surface area contributed by atoms with E-state index >= 15 is 0 Å². The summed E-state index contributed by atoms with van der Waals surface area (Å²) in [4.78, 5) is 15.5. The van der Waals surface area contributed by atoms with Crippen LogP contribution in [0.3, 0.4) is 0 Å². The molecule has 1 aromatic heterocycles. The monoisotopic (exact) mass is 261 g/mol. The normalized spacial score (nSPS) is 12.3. The number of aryl methyl sites for hydroxylation is 1. The first-order valence-corrected chi connectivity index (χ1v) is 5.55. The molecule has 0 bridgehead atoms. The molecule has 0 aliphatic carbocycles. The van der Waals surface area contributed by atoms with E-state index in [0.717, 1.165) is 5.56 Å². The number of nitrogens with zero attached hydrogens (tertiary/aromatic N) is 1. The van der Waals surface area contributed by atoms with E-state index in [2.05, 4.69) is 10.3 Å². The molecule has 6 heteroatoms. The van der Waals surface area contributed by atoms with Gasteiger partial charge in [-0.25, -0.2) is 4.98 Å². The number of hydrogen-bond acceptors (Lipinski definition) is 3. The van der Waals surface area contributed by atoms with Crippen LogP contribution in [0.15, 0.2) is 6.07 Å². The maximum atomic E-state index is 11.6. The number of amides is 1. The topological polar surface area (TPSA) is 68.0 Å². The third-order valence-corrected chi connectivity index (χ3v) is 2.66. The van der Waals surface area contributed by atoms with Crippen molar-refractivity contribution in [2.75, 3.05) is 11.9 Å². The average Bonchev–Trinajstić information content (AvgIpc) is 2.21. The van der Waals surface area contributed by atoms with Crippen molar-refractivity contribution in [2.24, 2.45) is 11.7 Å². The zero-order chi connectivity index (χ0) is 12.3. The molecule has 0 aliphatic rings. The quantitative estimate of drug-likeness (QED) is 0.821. The molecule has 0 aliphatic heterocycles. The smallest absolute Gasteiger partial charge is 0.228 e. The zero-order valence-corrected chi connectivity index (χ0v) is 10.6. The predicted octanol–water partition coefficient (Wildman–Crippen LogP) is 2.23. The molecule has 1 heterocycles. The Labute approximate surface area is 104 Å². The van der Waals surface area contributed by atoms with E-state index in [1.807, 2.05) is 0 Å². The van der Waals surface area contributed by atoms with Crippen molar-refractivity contribution >= 4 is 34.8 Å². The Morgan fingerprint density at radius 3 is 2.75 bits per heavy atom. The van der Waals surface area contributed by atoms with Gasteiger partial charge in [0.05, 0.1) is 5.69 Å². The molecule has 1 atom stereocenters. The van der Waals surface area contributed by atoms with E-state index in [4.69, 9.17) is 28.9 Å². The maximum Gasteiger partial charge on any atom is 0.228 e. The number of nitrogens with two attached hydrogens (primary N) is 1. The first-order chi connectivity index (χ1) is 7.45. The summed E-state index contributed by atoms with van der Waals surface area (Å²) in [6, 6.07) is 1.64. The Morgan fingerprint density at radius 1 is 1.62 bits per heavy atom. The highest BCUT2D eigenvalue weighted by Crippen LogP contribution is 2.26. The van der Waals surface area contributed by atoms with Crippen molar-refractivity contribution in [3.63, 3.8) is 0 Å². The molecule has 0 aromatic carbocycles. The van der Waals surface area contributed by atoms with E-state index in [-0.39, 0.29) is 23.5 Å². The van der Waals surface area contributed by atoms with Crippen molar-refractivity contribution in [2.45, 2.75) is 13.8 Å². The number of halogens is 2. The highest BCUT2D eigenvalue weighted by molar-refractivity contribution is 6.34. The Morgan fingerprint density at radius 2 is 2.25 bits per heavy atom. The molecule has 4 nitrogen and oxygen atoms in total. The summed E-state index contributed by atoms with van der Waals surface area (Å²) < 4.78 is 0. The summed E-state index contributed by atoms with van der Waals surface area (Å²) in [5.41, 5.74) is 6.65. The fraction of sp³-hybridized carbons (Fsp3) is 0.400. The molecule has 1 unspecified atom stereocenters. The van der Waals surface area contributed by atoms with Crippen molar-refractivity contribution < 1.29 is 4.79 Å². The zero-order valence-electron chi connectivity index (χ0n) is 9.05. The van der Waals surface area contributed by atoms with Gasteiger partial charge in [-0.15, -0.1) is 0 Å². The Kier molecular flexibility index (Phi) is 4.53. The first-order valence-electron chi connectivity index (χ1n) is 4.79. The number of pyridine rings is 1. The Bertz CT molecular complexity index is 386. The fourth-order valence-corrected chi connectivity index (χ4v) is 1.68. The summed E-state index contributed by atoms with van der Waals surface area (Å²) in [5, 5.41) is 3.17.